The van der Waals surface area contributed by atoms with Gasteiger partial charge >= 0.3 is 0 Å². The molecule has 28 heavy (non-hydrogen) atoms. The standard InChI is InChI=1S/C21H20FN3O3/c1-21(2)20(28)24(3)16-6-4-5-7-17(16)25(21)19(27)14-11-18(26)23-15-10-12(22)8-9-13(14)15/h4-10,14H,11H2,1-3H3,(H,23,26). The molecule has 0 radical (unpaired) electrons. The minimum atomic E-state index is -1.13. The predicted molar refractivity (Wildman–Crippen MR) is 104 cm³/mol. The Labute approximate surface area is 161 Å². The highest BCUT2D eigenvalue weighted by Gasteiger charge is 2.48. The van der Waals surface area contributed by atoms with Crippen molar-refractivity contribution < 1.29 is 18.8 Å². The molecule has 7 heteroatoms. The van der Waals surface area contributed by atoms with Crippen LogP contribution in [-0.4, -0.2) is 30.3 Å². The number of carbonyl (C=O) groups excluding carboxylic acids is 3. The molecule has 0 spiro atoms. The summed E-state index contributed by atoms with van der Waals surface area (Å²) in [6, 6.07) is 11.2. The smallest absolute Gasteiger partial charge is 0.252 e. The van der Waals surface area contributed by atoms with E-state index in [1.165, 1.54) is 28.0 Å². The van der Waals surface area contributed by atoms with E-state index in [0.29, 0.717) is 22.6 Å². The fourth-order valence-corrected chi connectivity index (χ4v) is 4.06. The van der Waals surface area contributed by atoms with E-state index < -0.39 is 17.3 Å². The zero-order valence-corrected chi connectivity index (χ0v) is 15.8. The van der Waals surface area contributed by atoms with Crippen LogP contribution in [0.2, 0.25) is 0 Å². The molecule has 2 aromatic rings. The van der Waals surface area contributed by atoms with Gasteiger partial charge in [0.25, 0.3) is 5.91 Å². The summed E-state index contributed by atoms with van der Waals surface area (Å²) in [6.45, 7) is 3.38. The Morgan fingerprint density at radius 2 is 1.82 bits per heavy atom. The molecule has 0 aromatic heterocycles. The van der Waals surface area contributed by atoms with E-state index in [1.807, 2.05) is 0 Å². The predicted octanol–water partition coefficient (Wildman–Crippen LogP) is 3.04. The van der Waals surface area contributed by atoms with Crippen molar-refractivity contribution in [3.05, 3.63) is 53.8 Å². The van der Waals surface area contributed by atoms with Gasteiger partial charge in [-0.15, -0.1) is 0 Å². The van der Waals surface area contributed by atoms with Gasteiger partial charge in [-0.1, -0.05) is 18.2 Å². The molecule has 0 saturated carbocycles. The van der Waals surface area contributed by atoms with Crippen molar-refractivity contribution in [3.8, 4) is 0 Å². The van der Waals surface area contributed by atoms with Gasteiger partial charge in [0, 0.05) is 19.2 Å². The molecule has 0 saturated heterocycles. The summed E-state index contributed by atoms with van der Waals surface area (Å²) in [5.74, 6) is -2.23. The van der Waals surface area contributed by atoms with Crippen LogP contribution >= 0.6 is 0 Å². The van der Waals surface area contributed by atoms with Crippen molar-refractivity contribution in [3.63, 3.8) is 0 Å². The normalized spacial score (nSPS) is 20.4. The number of nitrogens with one attached hydrogen (secondary N) is 1. The lowest BCUT2D eigenvalue weighted by atomic mass is 9.86. The first kappa shape index (κ1) is 18.2. The van der Waals surface area contributed by atoms with E-state index in [1.54, 1.807) is 45.2 Å². The third-order valence-corrected chi connectivity index (χ3v) is 5.44. The highest BCUT2D eigenvalue weighted by Crippen LogP contribution is 2.43. The van der Waals surface area contributed by atoms with Gasteiger partial charge in [0.15, 0.2) is 0 Å². The molecule has 1 unspecified atom stereocenters. The van der Waals surface area contributed by atoms with Crippen LogP contribution in [0.5, 0.6) is 0 Å². The van der Waals surface area contributed by atoms with Crippen molar-refractivity contribution in [1.29, 1.82) is 0 Å². The second-order valence-electron chi connectivity index (χ2n) is 7.62. The summed E-state index contributed by atoms with van der Waals surface area (Å²) in [4.78, 5) is 41.8. The molecule has 6 nitrogen and oxygen atoms in total. The van der Waals surface area contributed by atoms with Crippen molar-refractivity contribution >= 4 is 34.8 Å². The van der Waals surface area contributed by atoms with Gasteiger partial charge in [0.1, 0.15) is 11.4 Å². The molecule has 144 valence electrons. The number of carbonyl (C=O) groups is 3. The van der Waals surface area contributed by atoms with E-state index >= 15 is 0 Å². The summed E-state index contributed by atoms with van der Waals surface area (Å²) in [5.41, 5.74) is 0.940. The van der Waals surface area contributed by atoms with Crippen molar-refractivity contribution in [1.82, 2.24) is 0 Å². The number of anilines is 3. The van der Waals surface area contributed by atoms with Crippen LogP contribution in [-0.2, 0) is 14.4 Å². The summed E-state index contributed by atoms with van der Waals surface area (Å²) in [5, 5.41) is 2.62. The number of benzene rings is 2. The molecule has 3 amide bonds. The van der Waals surface area contributed by atoms with Gasteiger partial charge in [-0.2, -0.15) is 0 Å². The zero-order chi connectivity index (χ0) is 20.2. The highest BCUT2D eigenvalue weighted by atomic mass is 19.1. The summed E-state index contributed by atoms with van der Waals surface area (Å²) >= 11 is 0. The molecule has 0 fully saturated rings. The van der Waals surface area contributed by atoms with Crippen molar-refractivity contribution in [2.24, 2.45) is 0 Å². The molecule has 0 aliphatic carbocycles. The van der Waals surface area contributed by atoms with Crippen LogP contribution < -0.4 is 15.1 Å². The van der Waals surface area contributed by atoms with Crippen LogP contribution in [0.15, 0.2) is 42.5 Å². The van der Waals surface area contributed by atoms with Crippen LogP contribution in [0.25, 0.3) is 0 Å². The summed E-state index contributed by atoms with van der Waals surface area (Å²) < 4.78 is 13.6. The Balaban J connectivity index is 1.85. The number of fused-ring (bicyclic) bond motifs is 2. The third-order valence-electron chi connectivity index (χ3n) is 5.44. The molecule has 2 heterocycles. The van der Waals surface area contributed by atoms with Crippen LogP contribution in [0, 0.1) is 5.82 Å². The number of hydrogen-bond acceptors (Lipinski definition) is 3. The van der Waals surface area contributed by atoms with E-state index in [9.17, 15) is 18.8 Å². The number of hydrogen-bond donors (Lipinski definition) is 1. The number of rotatable bonds is 1. The molecular weight excluding hydrogens is 361 g/mol. The van der Waals surface area contributed by atoms with E-state index in [0.717, 1.165) is 0 Å². The van der Waals surface area contributed by atoms with Gasteiger partial charge in [-0.05, 0) is 43.7 Å². The van der Waals surface area contributed by atoms with Gasteiger partial charge < -0.3 is 10.2 Å². The van der Waals surface area contributed by atoms with E-state index in [-0.39, 0.29) is 24.1 Å². The lowest BCUT2D eigenvalue weighted by Gasteiger charge is -2.46. The van der Waals surface area contributed by atoms with Crippen molar-refractivity contribution in [2.45, 2.75) is 31.7 Å². The monoisotopic (exact) mass is 381 g/mol. The molecule has 1 N–H and O–H groups in total. The quantitative estimate of drug-likeness (QED) is 0.826. The first-order chi connectivity index (χ1) is 13.2. The Morgan fingerprint density at radius 3 is 2.54 bits per heavy atom. The molecule has 4 rings (SSSR count). The number of halogens is 1. The van der Waals surface area contributed by atoms with Crippen molar-refractivity contribution in [2.75, 3.05) is 22.2 Å². The van der Waals surface area contributed by atoms with Gasteiger partial charge in [-0.25, -0.2) is 4.39 Å². The Bertz CT molecular complexity index is 1020. The fraction of sp³-hybridized carbons (Fsp3) is 0.286. The molecule has 2 aliphatic rings. The minimum Gasteiger partial charge on any atom is -0.326 e. The molecule has 1 atom stereocenters. The zero-order valence-electron chi connectivity index (χ0n) is 15.8. The topological polar surface area (TPSA) is 69.7 Å². The Hall–Kier alpha value is -3.22. The first-order valence-electron chi connectivity index (χ1n) is 9.02. The number of likely N-dealkylation sites (N-methyl/N-ethyl adjacent to an activating group) is 1. The number of para-hydroxylation sites is 2. The largest absolute Gasteiger partial charge is 0.326 e. The number of nitrogens with zero attached hydrogens (tertiary/aromatic N) is 2. The molecule has 0 bridgehead atoms. The maximum absolute atomic E-state index is 13.7. The minimum absolute atomic E-state index is 0.0593. The average molecular weight is 381 g/mol. The maximum atomic E-state index is 13.7. The molecule has 2 aliphatic heterocycles. The van der Waals surface area contributed by atoms with E-state index in [4.69, 9.17) is 0 Å². The fourth-order valence-electron chi connectivity index (χ4n) is 4.06. The lowest BCUT2D eigenvalue weighted by Crippen LogP contribution is -2.62. The molecule has 2 aromatic carbocycles. The first-order valence-corrected chi connectivity index (χ1v) is 9.02. The maximum Gasteiger partial charge on any atom is 0.252 e. The summed E-state index contributed by atoms with van der Waals surface area (Å²) in [6.07, 6.45) is -0.0593. The van der Waals surface area contributed by atoms with Crippen LogP contribution in [0.3, 0.4) is 0 Å². The number of amides is 3. The third kappa shape index (κ3) is 2.58. The second-order valence-corrected chi connectivity index (χ2v) is 7.62. The SMILES string of the molecule is CN1C(=O)C(C)(C)N(C(=O)C2CC(=O)Nc3cc(F)ccc32)c2ccccc21. The van der Waals surface area contributed by atoms with Crippen LogP contribution in [0.4, 0.5) is 21.5 Å². The average Bonchev–Trinajstić information content (AvgIpc) is 2.65. The van der Waals surface area contributed by atoms with Crippen LogP contribution in [0.1, 0.15) is 31.7 Å². The van der Waals surface area contributed by atoms with E-state index in [2.05, 4.69) is 5.32 Å². The lowest BCUT2D eigenvalue weighted by molar-refractivity contribution is -0.129. The molecular formula is C21H20FN3O3. The van der Waals surface area contributed by atoms with Gasteiger partial charge in [-0.3, -0.25) is 19.3 Å². The van der Waals surface area contributed by atoms with Gasteiger partial charge in [0.05, 0.1) is 17.3 Å². The Kier molecular flexibility index (Phi) is 3.99. The Morgan fingerprint density at radius 1 is 1.14 bits per heavy atom. The van der Waals surface area contributed by atoms with Gasteiger partial charge in [0.2, 0.25) is 11.8 Å². The second kappa shape index (κ2) is 6.15. The highest BCUT2D eigenvalue weighted by molar-refractivity contribution is 6.17. The summed E-state index contributed by atoms with van der Waals surface area (Å²) in [7, 11) is 1.68.